The van der Waals surface area contributed by atoms with Crippen molar-refractivity contribution in [2.75, 3.05) is 5.32 Å². The molecule has 128 valence electrons. The molecule has 25 heavy (non-hydrogen) atoms. The molecule has 1 aromatic heterocycles. The van der Waals surface area contributed by atoms with E-state index in [9.17, 15) is 14.0 Å². The fraction of sp³-hybridized carbons (Fsp3) is 0.167. The number of hydrogen-bond donors (Lipinski definition) is 2. The molecule has 0 bridgehead atoms. The normalized spacial score (nSPS) is 10.8. The number of nitrogens with two attached hydrogens (primary N) is 1. The van der Waals surface area contributed by atoms with Crippen LogP contribution in [0.2, 0.25) is 0 Å². The van der Waals surface area contributed by atoms with Crippen LogP contribution in [0.1, 0.15) is 23.1 Å². The van der Waals surface area contributed by atoms with Crippen molar-refractivity contribution >= 4 is 28.5 Å². The lowest BCUT2D eigenvalue weighted by molar-refractivity contribution is -0.116. The van der Waals surface area contributed by atoms with Crippen LogP contribution in [0.5, 0.6) is 0 Å². The van der Waals surface area contributed by atoms with E-state index in [1.807, 2.05) is 35.8 Å². The molecular formula is C18H17FN4O2. The quantitative estimate of drug-likeness (QED) is 0.747. The third-order valence-corrected chi connectivity index (χ3v) is 3.87. The first-order valence-corrected chi connectivity index (χ1v) is 7.83. The Labute approximate surface area is 143 Å². The second-order valence-electron chi connectivity index (χ2n) is 5.56. The first-order chi connectivity index (χ1) is 12.0. The van der Waals surface area contributed by atoms with Gasteiger partial charge in [0.05, 0.1) is 16.6 Å². The highest BCUT2D eigenvalue weighted by Crippen LogP contribution is 2.18. The zero-order valence-electron chi connectivity index (χ0n) is 13.6. The maximum Gasteiger partial charge on any atom is 0.251 e. The summed E-state index contributed by atoms with van der Waals surface area (Å²) >= 11 is 0. The molecule has 0 fully saturated rings. The monoisotopic (exact) mass is 340 g/mol. The third-order valence-electron chi connectivity index (χ3n) is 3.87. The molecule has 0 spiro atoms. The Bertz CT molecular complexity index is 965. The first-order valence-electron chi connectivity index (χ1n) is 7.83. The van der Waals surface area contributed by atoms with E-state index in [2.05, 4.69) is 10.3 Å². The fourth-order valence-electron chi connectivity index (χ4n) is 2.71. The van der Waals surface area contributed by atoms with Crippen LogP contribution in [0.25, 0.3) is 11.0 Å². The Morgan fingerprint density at radius 3 is 2.72 bits per heavy atom. The number of carbonyl (C=O) groups excluding carboxylic acids is 2. The van der Waals surface area contributed by atoms with Gasteiger partial charge in [0.1, 0.15) is 18.2 Å². The van der Waals surface area contributed by atoms with Crippen LogP contribution in [0, 0.1) is 5.82 Å². The van der Waals surface area contributed by atoms with E-state index in [1.165, 1.54) is 12.1 Å². The van der Waals surface area contributed by atoms with Crippen LogP contribution in [-0.2, 0) is 17.8 Å². The van der Waals surface area contributed by atoms with E-state index in [4.69, 9.17) is 5.73 Å². The number of nitrogens with one attached hydrogen (secondary N) is 1. The number of amides is 2. The largest absolute Gasteiger partial charge is 0.366 e. The lowest BCUT2D eigenvalue weighted by Gasteiger charge is -2.10. The molecule has 0 saturated carbocycles. The van der Waals surface area contributed by atoms with Crippen LogP contribution >= 0.6 is 0 Å². The number of aryl methyl sites for hydroxylation is 1. The Balaban J connectivity index is 1.84. The summed E-state index contributed by atoms with van der Waals surface area (Å²) in [5, 5.41) is 2.66. The zero-order chi connectivity index (χ0) is 18.0. The number of rotatable bonds is 5. The average Bonchev–Trinajstić information content (AvgIpc) is 2.94. The van der Waals surface area contributed by atoms with Gasteiger partial charge >= 0.3 is 0 Å². The van der Waals surface area contributed by atoms with E-state index in [1.54, 1.807) is 0 Å². The summed E-state index contributed by atoms with van der Waals surface area (Å²) < 4.78 is 15.3. The third kappa shape index (κ3) is 3.35. The molecule has 0 atom stereocenters. The SMILES string of the molecule is CCc1nc2ccccc2n1CC(=O)Nc1ccc(F)c(C(N)=O)c1. The maximum absolute atomic E-state index is 13.5. The molecule has 0 aliphatic rings. The van der Waals surface area contributed by atoms with E-state index < -0.39 is 11.7 Å². The van der Waals surface area contributed by atoms with Crippen molar-refractivity contribution in [3.63, 3.8) is 0 Å². The number of hydrogen-bond acceptors (Lipinski definition) is 3. The summed E-state index contributed by atoms with van der Waals surface area (Å²) in [4.78, 5) is 28.1. The summed E-state index contributed by atoms with van der Waals surface area (Å²) in [6.45, 7) is 2.03. The van der Waals surface area contributed by atoms with Gasteiger partial charge in [-0.05, 0) is 30.3 Å². The predicted octanol–water partition coefficient (Wildman–Crippen LogP) is 2.48. The smallest absolute Gasteiger partial charge is 0.251 e. The van der Waals surface area contributed by atoms with Crippen molar-refractivity contribution in [3.05, 3.63) is 59.7 Å². The molecule has 0 aliphatic carbocycles. The van der Waals surface area contributed by atoms with Crippen molar-refractivity contribution in [3.8, 4) is 0 Å². The summed E-state index contributed by atoms with van der Waals surface area (Å²) in [6.07, 6.45) is 0.685. The highest BCUT2D eigenvalue weighted by molar-refractivity contribution is 5.96. The Morgan fingerprint density at radius 1 is 1.24 bits per heavy atom. The number of fused-ring (bicyclic) bond motifs is 1. The van der Waals surface area contributed by atoms with Gasteiger partial charge in [-0.1, -0.05) is 19.1 Å². The van der Waals surface area contributed by atoms with Crippen molar-refractivity contribution in [1.82, 2.24) is 9.55 Å². The molecule has 0 unspecified atom stereocenters. The maximum atomic E-state index is 13.5. The highest BCUT2D eigenvalue weighted by Gasteiger charge is 2.14. The number of carbonyl (C=O) groups is 2. The van der Waals surface area contributed by atoms with Crippen LogP contribution in [-0.4, -0.2) is 21.4 Å². The van der Waals surface area contributed by atoms with E-state index >= 15 is 0 Å². The number of para-hydroxylation sites is 2. The van der Waals surface area contributed by atoms with Crippen LogP contribution in [0.15, 0.2) is 42.5 Å². The molecule has 0 aliphatic heterocycles. The Kier molecular flexibility index (Phi) is 4.47. The van der Waals surface area contributed by atoms with Gasteiger partial charge in [-0.15, -0.1) is 0 Å². The number of halogens is 1. The topological polar surface area (TPSA) is 90.0 Å². The molecule has 3 rings (SSSR count). The van der Waals surface area contributed by atoms with Crippen molar-refractivity contribution in [2.24, 2.45) is 5.73 Å². The molecule has 7 heteroatoms. The molecule has 6 nitrogen and oxygen atoms in total. The minimum Gasteiger partial charge on any atom is -0.366 e. The zero-order valence-corrected chi connectivity index (χ0v) is 13.6. The minimum absolute atomic E-state index is 0.0625. The van der Waals surface area contributed by atoms with Gasteiger partial charge in [-0.3, -0.25) is 9.59 Å². The van der Waals surface area contributed by atoms with E-state index in [0.29, 0.717) is 12.1 Å². The van der Waals surface area contributed by atoms with E-state index in [-0.39, 0.29) is 18.0 Å². The number of nitrogens with zero attached hydrogens (tertiary/aromatic N) is 2. The minimum atomic E-state index is -0.887. The van der Waals surface area contributed by atoms with Crippen molar-refractivity contribution < 1.29 is 14.0 Å². The van der Waals surface area contributed by atoms with Crippen LogP contribution < -0.4 is 11.1 Å². The average molecular weight is 340 g/mol. The molecule has 0 saturated heterocycles. The van der Waals surface area contributed by atoms with Crippen LogP contribution in [0.4, 0.5) is 10.1 Å². The molecule has 2 amide bonds. The second-order valence-corrected chi connectivity index (χ2v) is 5.56. The molecule has 3 N–H and O–H groups in total. The number of anilines is 1. The second kappa shape index (κ2) is 6.72. The van der Waals surface area contributed by atoms with Crippen molar-refractivity contribution in [1.29, 1.82) is 0 Å². The van der Waals surface area contributed by atoms with Gasteiger partial charge in [-0.25, -0.2) is 9.37 Å². The summed E-state index contributed by atoms with van der Waals surface area (Å²) in [5.74, 6) is -1.12. The number of aromatic nitrogens is 2. The van der Waals surface area contributed by atoms with Gasteiger partial charge in [0, 0.05) is 12.1 Å². The van der Waals surface area contributed by atoms with Gasteiger partial charge in [-0.2, -0.15) is 0 Å². The Morgan fingerprint density at radius 2 is 2.00 bits per heavy atom. The predicted molar refractivity (Wildman–Crippen MR) is 92.7 cm³/mol. The molecule has 3 aromatic rings. The lowest BCUT2D eigenvalue weighted by Crippen LogP contribution is -2.21. The Hall–Kier alpha value is -3.22. The standard InChI is InChI=1S/C18H17FN4O2/c1-2-16-22-14-5-3-4-6-15(14)23(16)10-17(24)21-11-7-8-13(19)12(9-11)18(20)25/h3-9H,2,10H2,1H3,(H2,20,25)(H,21,24). The molecule has 0 radical (unpaired) electrons. The number of benzene rings is 2. The summed E-state index contributed by atoms with van der Waals surface area (Å²) in [5.41, 5.74) is 6.86. The van der Waals surface area contributed by atoms with Gasteiger partial charge < -0.3 is 15.6 Å². The molecule has 2 aromatic carbocycles. The van der Waals surface area contributed by atoms with E-state index in [0.717, 1.165) is 22.9 Å². The molecular weight excluding hydrogens is 323 g/mol. The van der Waals surface area contributed by atoms with Gasteiger partial charge in [0.25, 0.3) is 5.91 Å². The number of primary amides is 1. The molecule has 1 heterocycles. The van der Waals surface area contributed by atoms with Crippen molar-refractivity contribution in [2.45, 2.75) is 19.9 Å². The first kappa shape index (κ1) is 16.6. The van der Waals surface area contributed by atoms with Gasteiger partial charge in [0.15, 0.2) is 0 Å². The summed E-state index contributed by atoms with van der Waals surface area (Å²) in [6, 6.07) is 11.3. The van der Waals surface area contributed by atoms with Crippen LogP contribution in [0.3, 0.4) is 0 Å². The summed E-state index contributed by atoms with van der Waals surface area (Å²) in [7, 11) is 0. The van der Waals surface area contributed by atoms with Gasteiger partial charge in [0.2, 0.25) is 5.91 Å². The number of imidazole rings is 1. The highest BCUT2D eigenvalue weighted by atomic mass is 19.1. The lowest BCUT2D eigenvalue weighted by atomic mass is 10.2. The fourth-order valence-corrected chi connectivity index (χ4v) is 2.71.